The van der Waals surface area contributed by atoms with E-state index >= 15 is 0 Å². The predicted octanol–water partition coefficient (Wildman–Crippen LogP) is 7.50. The summed E-state index contributed by atoms with van der Waals surface area (Å²) in [6.45, 7) is 12.6. The molecule has 9 heteroatoms. The SMILES string of the molecule is COCCCCn1c(C(=O)N(C(C)C)[C@@H]2CCCN(C(=O)OC(C)(C)C)C2)c(I)c2cccc(OCc3ccccc3)c21. The number of piperidine rings is 1. The molecule has 0 saturated carbocycles. The summed E-state index contributed by atoms with van der Waals surface area (Å²) in [6.07, 6.45) is 3.07. The molecular formula is C34H46IN3O5. The first-order valence-electron chi connectivity index (χ1n) is 15.3. The van der Waals surface area contributed by atoms with E-state index in [4.69, 9.17) is 14.2 Å². The molecule has 1 aliphatic rings. The number of carbonyl (C=O) groups is 2. The van der Waals surface area contributed by atoms with Crippen LogP contribution in [0, 0.1) is 3.57 Å². The number of benzene rings is 2. The van der Waals surface area contributed by atoms with Gasteiger partial charge in [0.15, 0.2) is 0 Å². The van der Waals surface area contributed by atoms with Crippen molar-refractivity contribution in [2.24, 2.45) is 0 Å². The monoisotopic (exact) mass is 703 g/mol. The van der Waals surface area contributed by atoms with Crippen LogP contribution in [0.1, 0.15) is 76.4 Å². The van der Waals surface area contributed by atoms with E-state index < -0.39 is 5.60 Å². The Kier molecular flexibility index (Phi) is 11.4. The molecule has 1 aliphatic heterocycles. The average Bonchev–Trinajstić information content (AvgIpc) is 3.25. The number of carbonyl (C=O) groups excluding carboxylic acids is 2. The molecule has 1 atom stereocenters. The van der Waals surface area contributed by atoms with E-state index in [0.717, 1.165) is 51.5 Å². The molecule has 3 aromatic rings. The molecule has 0 aliphatic carbocycles. The number of nitrogens with zero attached hydrogens (tertiary/aromatic N) is 3. The van der Waals surface area contributed by atoms with Crippen molar-refractivity contribution in [1.82, 2.24) is 14.4 Å². The van der Waals surface area contributed by atoms with E-state index in [0.29, 0.717) is 38.5 Å². The van der Waals surface area contributed by atoms with Gasteiger partial charge in [-0.2, -0.15) is 0 Å². The Labute approximate surface area is 269 Å². The normalized spacial score (nSPS) is 15.6. The smallest absolute Gasteiger partial charge is 0.410 e. The van der Waals surface area contributed by atoms with Gasteiger partial charge in [0.05, 0.1) is 15.1 Å². The highest BCUT2D eigenvalue weighted by molar-refractivity contribution is 14.1. The quantitative estimate of drug-likeness (QED) is 0.153. The van der Waals surface area contributed by atoms with Crippen LogP contribution in [0.4, 0.5) is 4.79 Å². The predicted molar refractivity (Wildman–Crippen MR) is 179 cm³/mol. The zero-order valence-corrected chi connectivity index (χ0v) is 28.6. The third-order valence-electron chi connectivity index (χ3n) is 7.64. The third kappa shape index (κ3) is 8.23. The van der Waals surface area contributed by atoms with Crippen LogP contribution >= 0.6 is 22.6 Å². The fraction of sp³-hybridized carbons (Fsp3) is 0.529. The first-order valence-corrected chi connectivity index (χ1v) is 16.4. The van der Waals surface area contributed by atoms with Crippen LogP contribution in [0.3, 0.4) is 0 Å². The highest BCUT2D eigenvalue weighted by Gasteiger charge is 2.36. The van der Waals surface area contributed by atoms with Gasteiger partial charge < -0.3 is 28.6 Å². The van der Waals surface area contributed by atoms with E-state index in [1.165, 1.54) is 0 Å². The largest absolute Gasteiger partial charge is 0.487 e. The number of halogens is 1. The maximum absolute atomic E-state index is 14.7. The number of hydrogen-bond donors (Lipinski definition) is 0. The number of hydrogen-bond acceptors (Lipinski definition) is 5. The first-order chi connectivity index (χ1) is 20.5. The summed E-state index contributed by atoms with van der Waals surface area (Å²) in [6, 6.07) is 16.0. The molecule has 4 rings (SSSR count). The molecule has 0 N–H and O–H groups in total. The van der Waals surface area contributed by atoms with Crippen molar-refractivity contribution in [2.75, 3.05) is 26.8 Å². The Balaban J connectivity index is 1.71. The number of aromatic nitrogens is 1. The van der Waals surface area contributed by atoms with Gasteiger partial charge >= 0.3 is 6.09 Å². The van der Waals surface area contributed by atoms with Crippen LogP contribution in [0.15, 0.2) is 48.5 Å². The van der Waals surface area contributed by atoms with Crippen LogP contribution in [0.5, 0.6) is 5.75 Å². The van der Waals surface area contributed by atoms with Crippen molar-refractivity contribution in [3.05, 3.63) is 63.4 Å². The molecule has 234 valence electrons. The summed E-state index contributed by atoms with van der Waals surface area (Å²) < 4.78 is 20.5. The Morgan fingerprint density at radius 1 is 1.07 bits per heavy atom. The molecule has 0 bridgehead atoms. The maximum atomic E-state index is 14.7. The number of amides is 2. The first kappa shape index (κ1) is 33.1. The van der Waals surface area contributed by atoms with Crippen LogP contribution in [0.2, 0.25) is 0 Å². The molecule has 1 fully saturated rings. The lowest BCUT2D eigenvalue weighted by Crippen LogP contribution is -2.54. The molecular weight excluding hydrogens is 657 g/mol. The second kappa shape index (κ2) is 14.8. The molecule has 43 heavy (non-hydrogen) atoms. The molecule has 0 spiro atoms. The zero-order chi connectivity index (χ0) is 31.1. The van der Waals surface area contributed by atoms with Gasteiger partial charge in [0.1, 0.15) is 23.7 Å². The van der Waals surface area contributed by atoms with Crippen molar-refractivity contribution in [3.63, 3.8) is 0 Å². The van der Waals surface area contributed by atoms with Crippen molar-refractivity contribution in [2.45, 2.75) is 91.1 Å². The fourth-order valence-electron chi connectivity index (χ4n) is 5.76. The molecule has 0 radical (unpaired) electrons. The summed E-state index contributed by atoms with van der Waals surface area (Å²) in [5.41, 5.74) is 2.12. The molecule has 8 nitrogen and oxygen atoms in total. The van der Waals surface area contributed by atoms with Crippen molar-refractivity contribution >= 4 is 45.5 Å². The van der Waals surface area contributed by atoms with Crippen LogP contribution in [-0.2, 0) is 22.6 Å². The van der Waals surface area contributed by atoms with Gasteiger partial charge in [-0.1, -0.05) is 42.5 Å². The van der Waals surface area contributed by atoms with Crippen LogP contribution < -0.4 is 4.74 Å². The highest BCUT2D eigenvalue weighted by atomic mass is 127. The van der Waals surface area contributed by atoms with E-state index in [2.05, 4.69) is 47.1 Å². The number of likely N-dealkylation sites (tertiary alicyclic amines) is 1. The van der Waals surface area contributed by atoms with Gasteiger partial charge in [-0.05, 0) is 94.5 Å². The summed E-state index contributed by atoms with van der Waals surface area (Å²) in [5, 5.41) is 1.00. The van der Waals surface area contributed by atoms with Gasteiger partial charge in [0, 0.05) is 44.8 Å². The Morgan fingerprint density at radius 2 is 1.81 bits per heavy atom. The Morgan fingerprint density at radius 3 is 2.49 bits per heavy atom. The minimum Gasteiger partial charge on any atom is -0.487 e. The number of methoxy groups -OCH3 is 1. The molecule has 1 aromatic heterocycles. The fourth-order valence-corrected chi connectivity index (χ4v) is 6.71. The average molecular weight is 704 g/mol. The summed E-state index contributed by atoms with van der Waals surface area (Å²) in [4.78, 5) is 31.4. The van der Waals surface area contributed by atoms with E-state index in [1.807, 2.05) is 68.1 Å². The number of ether oxygens (including phenoxy) is 3. The summed E-state index contributed by atoms with van der Waals surface area (Å²) in [7, 11) is 1.71. The van der Waals surface area contributed by atoms with Gasteiger partial charge in [0.25, 0.3) is 5.91 Å². The topological polar surface area (TPSA) is 73.2 Å². The molecule has 2 amide bonds. The second-order valence-electron chi connectivity index (χ2n) is 12.5. The number of aryl methyl sites for hydroxylation is 1. The number of unbranched alkanes of at least 4 members (excludes halogenated alkanes) is 1. The molecule has 1 saturated heterocycles. The molecule has 2 heterocycles. The van der Waals surface area contributed by atoms with Crippen molar-refractivity contribution in [1.29, 1.82) is 0 Å². The molecule has 2 aromatic carbocycles. The lowest BCUT2D eigenvalue weighted by Gasteiger charge is -2.41. The van der Waals surface area contributed by atoms with Gasteiger partial charge in [-0.25, -0.2) is 4.79 Å². The van der Waals surface area contributed by atoms with Gasteiger partial charge in [0.2, 0.25) is 0 Å². The van der Waals surface area contributed by atoms with Gasteiger partial charge in [-0.3, -0.25) is 4.79 Å². The van der Waals surface area contributed by atoms with Crippen LogP contribution in [-0.4, -0.2) is 70.9 Å². The number of para-hydroxylation sites is 1. The lowest BCUT2D eigenvalue weighted by molar-refractivity contribution is 0.00731. The highest BCUT2D eigenvalue weighted by Crippen LogP contribution is 2.36. The number of rotatable bonds is 11. The van der Waals surface area contributed by atoms with Gasteiger partial charge in [-0.15, -0.1) is 0 Å². The van der Waals surface area contributed by atoms with E-state index in [-0.39, 0.29) is 24.1 Å². The standard InChI is InChI=1S/C34H46IN3O5/c1-24(2)38(26-16-13-19-36(22-26)33(40)43-34(3,4)5)32(39)31-29(35)27-17-12-18-28(42-23-25-14-8-7-9-15-25)30(27)37(31)20-10-11-21-41-6/h7-9,12,14-15,17-18,24,26H,10-11,13,16,19-23H2,1-6H3/t26-/m1/s1. The Bertz CT molecular complexity index is 1380. The van der Waals surface area contributed by atoms with E-state index in [9.17, 15) is 9.59 Å². The minimum atomic E-state index is -0.572. The summed E-state index contributed by atoms with van der Waals surface area (Å²) >= 11 is 2.32. The number of fused-ring (bicyclic) bond motifs is 1. The lowest BCUT2D eigenvalue weighted by atomic mass is 10.0. The third-order valence-corrected chi connectivity index (χ3v) is 8.73. The van der Waals surface area contributed by atoms with Crippen LogP contribution in [0.25, 0.3) is 10.9 Å². The zero-order valence-electron chi connectivity index (χ0n) is 26.4. The van der Waals surface area contributed by atoms with Crippen molar-refractivity contribution in [3.8, 4) is 5.75 Å². The summed E-state index contributed by atoms with van der Waals surface area (Å²) in [5.74, 6) is 0.738. The minimum absolute atomic E-state index is 0.0209. The molecule has 0 unspecified atom stereocenters. The van der Waals surface area contributed by atoms with Crippen molar-refractivity contribution < 1.29 is 23.8 Å². The van der Waals surface area contributed by atoms with E-state index in [1.54, 1.807) is 12.0 Å². The second-order valence-corrected chi connectivity index (χ2v) is 13.5. The Hall–Kier alpha value is -2.79. The maximum Gasteiger partial charge on any atom is 0.410 e.